The quantitative estimate of drug-likeness (QED) is 0.101. The molecule has 0 unspecified atom stereocenters. The molecule has 0 radical (unpaired) electrons. The Morgan fingerprint density at radius 1 is 0.324 bits per heavy atom. The molecule has 0 heterocycles. The van der Waals surface area contributed by atoms with E-state index in [1.165, 1.54) is 12.1 Å². The first-order valence-electron chi connectivity index (χ1n) is 23.9. The number of hydrogen-bond donors (Lipinski definition) is 0. The van der Waals surface area contributed by atoms with Crippen molar-refractivity contribution in [3.8, 4) is 56.6 Å². The first kappa shape index (κ1) is 45.1. The maximum Gasteiger partial charge on any atom is 0.150 e. The lowest BCUT2D eigenvalue weighted by atomic mass is 9.91. The zero-order valence-corrected chi connectivity index (χ0v) is 39.2. The van der Waals surface area contributed by atoms with Crippen LogP contribution in [-0.4, -0.2) is 0 Å². The van der Waals surface area contributed by atoms with Gasteiger partial charge in [0.1, 0.15) is 11.6 Å². The molecule has 0 atom stereocenters. The van der Waals surface area contributed by atoms with E-state index in [9.17, 15) is 10.5 Å². The molecule has 0 aliphatic heterocycles. The highest BCUT2D eigenvalue weighted by Gasteiger charge is 2.28. The Balaban J connectivity index is 1.11. The van der Waals surface area contributed by atoms with Gasteiger partial charge in [0.2, 0.25) is 0 Å². The van der Waals surface area contributed by atoms with Gasteiger partial charge in [-0.1, -0.05) is 133 Å². The van der Waals surface area contributed by atoms with Crippen LogP contribution in [0.25, 0.3) is 76.8 Å². The Hall–Kier alpha value is -10.0. The van der Waals surface area contributed by atoms with Gasteiger partial charge in [0.25, 0.3) is 0 Å². The third-order valence-corrected chi connectivity index (χ3v) is 13.7. The van der Waals surface area contributed by atoms with Gasteiger partial charge in [0, 0.05) is 45.4 Å². The fraction of sp³-hybridized carbons (Fsp3) is 0. The number of anilines is 6. The lowest BCUT2D eigenvalue weighted by molar-refractivity contribution is 0.584. The standard InChI is InChI=1S/C66H38F4N4/c67-51-35-57(49-15-7-13-47(33-49)43-9-3-1-4-10-43)65(59(69)37-51)73(53-25-17-41(39-71)18-26-53)61-31-23-45-22-30-56-62(32-24-46-21-29-55(61)63(45)64(46)56)74(54-27-19-42(40-72)20-28-54)66-58(36-52(68)38-60(66)70)50-16-8-14-48(34-50)44-11-5-2-6-12-44/h1-38H. The molecule has 0 aromatic heterocycles. The van der Waals surface area contributed by atoms with Crippen LogP contribution in [0.5, 0.6) is 0 Å². The van der Waals surface area contributed by atoms with E-state index >= 15 is 17.6 Å². The molecule has 12 rings (SSSR count). The molecule has 0 bridgehead atoms. The van der Waals surface area contributed by atoms with Crippen LogP contribution in [0, 0.1) is 45.9 Å². The average Bonchev–Trinajstić information content (AvgIpc) is 3.46. The second-order valence-electron chi connectivity index (χ2n) is 18.0. The van der Waals surface area contributed by atoms with Gasteiger partial charge in [-0.15, -0.1) is 0 Å². The number of benzene rings is 12. The van der Waals surface area contributed by atoms with Crippen LogP contribution in [0.1, 0.15) is 11.1 Å². The lowest BCUT2D eigenvalue weighted by Gasteiger charge is -2.31. The summed E-state index contributed by atoms with van der Waals surface area (Å²) in [6.45, 7) is 0. The minimum atomic E-state index is -0.799. The third kappa shape index (κ3) is 7.98. The summed E-state index contributed by atoms with van der Waals surface area (Å²) < 4.78 is 65.8. The summed E-state index contributed by atoms with van der Waals surface area (Å²) in [5.41, 5.74) is 8.59. The van der Waals surface area contributed by atoms with E-state index in [1.54, 1.807) is 58.3 Å². The zero-order chi connectivity index (χ0) is 50.5. The summed E-state index contributed by atoms with van der Waals surface area (Å²) in [5.74, 6) is -3.09. The van der Waals surface area contributed by atoms with E-state index in [-0.39, 0.29) is 11.4 Å². The van der Waals surface area contributed by atoms with Crippen molar-refractivity contribution in [2.24, 2.45) is 0 Å². The first-order valence-corrected chi connectivity index (χ1v) is 23.9. The SMILES string of the molecule is N#Cc1ccc(N(c2c(F)cc(F)cc2-c2cccc(-c3ccccc3)c2)c2ccc3ccc4c(N(c5ccc(C#N)cc5)c5c(F)cc(F)cc5-c5cccc(-c6ccccc6)c5)ccc5ccc2c3c54)cc1. The van der Waals surface area contributed by atoms with Gasteiger partial charge >= 0.3 is 0 Å². The Morgan fingerprint density at radius 3 is 1.08 bits per heavy atom. The van der Waals surface area contributed by atoms with Crippen LogP contribution in [0.15, 0.2) is 231 Å². The Morgan fingerprint density at radius 2 is 0.689 bits per heavy atom. The van der Waals surface area contributed by atoms with E-state index in [2.05, 4.69) is 12.1 Å². The number of hydrogen-bond acceptors (Lipinski definition) is 4. The molecule has 0 spiro atoms. The van der Waals surface area contributed by atoms with Gasteiger partial charge in [-0.2, -0.15) is 10.5 Å². The van der Waals surface area contributed by atoms with Crippen molar-refractivity contribution in [3.63, 3.8) is 0 Å². The Kier molecular flexibility index (Phi) is 11.4. The Labute approximate surface area is 424 Å². The summed E-state index contributed by atoms with van der Waals surface area (Å²) in [4.78, 5) is 3.56. The van der Waals surface area contributed by atoms with E-state index in [1.807, 2.05) is 158 Å². The number of rotatable bonds is 10. The summed E-state index contributed by atoms with van der Waals surface area (Å²) >= 11 is 0. The average molecular weight is 963 g/mol. The second kappa shape index (κ2) is 18.6. The van der Waals surface area contributed by atoms with Crippen LogP contribution >= 0.6 is 0 Å². The van der Waals surface area contributed by atoms with Crippen LogP contribution < -0.4 is 9.80 Å². The maximum absolute atomic E-state index is 17.2. The molecule has 350 valence electrons. The number of nitrogens with zero attached hydrogens (tertiary/aromatic N) is 4. The first-order chi connectivity index (χ1) is 36.2. The molecule has 0 fully saturated rings. The van der Waals surface area contributed by atoms with E-state index in [0.717, 1.165) is 66.7 Å². The van der Waals surface area contributed by atoms with E-state index in [4.69, 9.17) is 0 Å². The molecule has 0 N–H and O–H groups in total. The molecule has 0 amide bonds. The monoisotopic (exact) mass is 962 g/mol. The molecule has 0 saturated carbocycles. The Bertz CT molecular complexity index is 3930. The summed E-state index contributed by atoms with van der Waals surface area (Å²) in [7, 11) is 0. The van der Waals surface area contributed by atoms with Crippen LogP contribution in [-0.2, 0) is 0 Å². The van der Waals surface area contributed by atoms with Crippen LogP contribution in [0.2, 0.25) is 0 Å². The molecule has 12 aromatic rings. The van der Waals surface area contributed by atoms with Crippen LogP contribution in [0.4, 0.5) is 51.7 Å². The zero-order valence-electron chi connectivity index (χ0n) is 39.2. The van der Waals surface area contributed by atoms with E-state index in [0.29, 0.717) is 56.1 Å². The fourth-order valence-electron chi connectivity index (χ4n) is 10.3. The van der Waals surface area contributed by atoms with Gasteiger partial charge in [0.05, 0.1) is 46.0 Å². The van der Waals surface area contributed by atoms with Crippen molar-refractivity contribution in [1.29, 1.82) is 10.5 Å². The molecule has 4 nitrogen and oxygen atoms in total. The topological polar surface area (TPSA) is 54.1 Å². The molecule has 12 aromatic carbocycles. The maximum atomic E-state index is 17.2. The fourth-order valence-corrected chi connectivity index (χ4v) is 10.3. The minimum absolute atomic E-state index is 0.0969. The number of halogens is 4. The van der Waals surface area contributed by atoms with Crippen molar-refractivity contribution >= 4 is 66.4 Å². The predicted octanol–water partition coefficient (Wildman–Crippen LogP) is 18.5. The normalized spacial score (nSPS) is 11.2. The van der Waals surface area contributed by atoms with Crippen LogP contribution in [0.3, 0.4) is 0 Å². The van der Waals surface area contributed by atoms with Gasteiger partial charge in [0.15, 0.2) is 11.6 Å². The van der Waals surface area contributed by atoms with Gasteiger partial charge in [-0.3, -0.25) is 0 Å². The van der Waals surface area contributed by atoms with Crippen molar-refractivity contribution in [2.75, 3.05) is 9.80 Å². The predicted molar refractivity (Wildman–Crippen MR) is 291 cm³/mol. The molecule has 0 aliphatic carbocycles. The lowest BCUT2D eigenvalue weighted by Crippen LogP contribution is -2.15. The molecule has 8 heteroatoms. The van der Waals surface area contributed by atoms with Crippen molar-refractivity contribution in [1.82, 2.24) is 0 Å². The van der Waals surface area contributed by atoms with Crippen molar-refractivity contribution < 1.29 is 17.6 Å². The highest BCUT2D eigenvalue weighted by molar-refractivity contribution is 6.28. The van der Waals surface area contributed by atoms with Crippen molar-refractivity contribution in [3.05, 3.63) is 265 Å². The van der Waals surface area contributed by atoms with Crippen molar-refractivity contribution in [2.45, 2.75) is 0 Å². The minimum Gasteiger partial charge on any atom is -0.307 e. The third-order valence-electron chi connectivity index (χ3n) is 13.7. The molecule has 0 saturated heterocycles. The van der Waals surface area contributed by atoms with Gasteiger partial charge in [-0.05, 0) is 140 Å². The highest BCUT2D eigenvalue weighted by atomic mass is 19.1. The summed E-state index contributed by atoms with van der Waals surface area (Å²) in [6, 6.07) is 72.9. The molecule has 0 aliphatic rings. The largest absolute Gasteiger partial charge is 0.307 e. The molecular weight excluding hydrogens is 925 g/mol. The highest BCUT2D eigenvalue weighted by Crippen LogP contribution is 2.51. The molecule has 74 heavy (non-hydrogen) atoms. The van der Waals surface area contributed by atoms with Gasteiger partial charge < -0.3 is 9.80 Å². The summed E-state index contributed by atoms with van der Waals surface area (Å²) in [6.07, 6.45) is 0. The second-order valence-corrected chi connectivity index (χ2v) is 18.0. The molecular formula is C66H38F4N4. The van der Waals surface area contributed by atoms with E-state index < -0.39 is 23.3 Å². The number of nitriles is 2. The summed E-state index contributed by atoms with van der Waals surface area (Å²) in [5, 5.41) is 24.5. The van der Waals surface area contributed by atoms with Gasteiger partial charge in [-0.25, -0.2) is 17.6 Å². The smallest absolute Gasteiger partial charge is 0.150 e.